The number of nitrogens with one attached hydrogen (secondary N) is 1. The summed E-state index contributed by atoms with van der Waals surface area (Å²) >= 11 is 0. The van der Waals surface area contributed by atoms with Crippen LogP contribution in [0.3, 0.4) is 0 Å². The maximum atomic E-state index is 12.6. The molecule has 1 fully saturated rings. The van der Waals surface area contributed by atoms with E-state index in [4.69, 9.17) is 4.74 Å². The average Bonchev–Trinajstić information content (AvgIpc) is 2.62. The molecule has 0 bridgehead atoms. The number of carbonyl (C=O) groups is 1. The molecule has 1 aliphatic rings. The molecule has 1 N–H and O–H groups in total. The fraction of sp³-hybridized carbons (Fsp3) is 0.409. The van der Waals surface area contributed by atoms with Crippen LogP contribution < -0.4 is 5.32 Å². The van der Waals surface area contributed by atoms with Crippen LogP contribution in [0.5, 0.6) is 0 Å². The number of amides is 1. The van der Waals surface area contributed by atoms with Gasteiger partial charge in [0.1, 0.15) is 5.60 Å². The van der Waals surface area contributed by atoms with Crippen molar-refractivity contribution in [2.24, 2.45) is 0 Å². The molecule has 0 spiro atoms. The third-order valence-electron chi connectivity index (χ3n) is 4.54. The minimum absolute atomic E-state index is 0.0865. The van der Waals surface area contributed by atoms with Crippen molar-refractivity contribution < 1.29 is 9.53 Å². The van der Waals surface area contributed by atoms with E-state index >= 15 is 0 Å². The normalized spacial score (nSPS) is 17.8. The highest BCUT2D eigenvalue weighted by Crippen LogP contribution is 2.26. The predicted octanol–water partition coefficient (Wildman–Crippen LogP) is 4.11. The van der Waals surface area contributed by atoms with Gasteiger partial charge in [0.2, 0.25) is 0 Å². The van der Waals surface area contributed by atoms with Gasteiger partial charge in [-0.25, -0.2) is 4.79 Å². The fourth-order valence-electron chi connectivity index (χ4n) is 3.36. The summed E-state index contributed by atoms with van der Waals surface area (Å²) in [6.07, 6.45) is 0.582. The molecular weight excluding hydrogens is 324 g/mol. The molecule has 0 saturated carbocycles. The molecule has 4 nitrogen and oxygen atoms in total. The molecule has 0 aliphatic carbocycles. The zero-order valence-corrected chi connectivity index (χ0v) is 15.9. The second-order valence-corrected chi connectivity index (χ2v) is 7.76. The molecule has 0 unspecified atom stereocenters. The van der Waals surface area contributed by atoms with Crippen LogP contribution in [0.15, 0.2) is 54.6 Å². The standard InChI is InChI=1S/C22H28N2O2/c1-22(2,3)26-21(25)24-14-13-23-16-19(24)15-18-11-7-8-12-20(18)17-9-5-4-6-10-17/h4-12,19,23H,13-16H2,1-3H3/t19-/m1/s1. The monoisotopic (exact) mass is 352 g/mol. The molecule has 1 saturated heterocycles. The average molecular weight is 352 g/mol. The van der Waals surface area contributed by atoms with Crippen molar-refractivity contribution in [1.82, 2.24) is 10.2 Å². The number of benzene rings is 2. The molecule has 1 atom stereocenters. The Hall–Kier alpha value is -2.33. The van der Waals surface area contributed by atoms with E-state index in [2.05, 4.69) is 53.8 Å². The molecule has 138 valence electrons. The Bertz CT molecular complexity index is 737. The third kappa shape index (κ3) is 4.64. The van der Waals surface area contributed by atoms with Crippen molar-refractivity contribution in [3.63, 3.8) is 0 Å². The number of hydrogen-bond donors (Lipinski definition) is 1. The van der Waals surface area contributed by atoms with E-state index in [1.165, 1.54) is 16.7 Å². The highest BCUT2D eigenvalue weighted by Gasteiger charge is 2.30. The van der Waals surface area contributed by atoms with E-state index in [1.807, 2.05) is 31.7 Å². The number of ether oxygens (including phenoxy) is 1. The van der Waals surface area contributed by atoms with Crippen LogP contribution in [0.25, 0.3) is 11.1 Å². The van der Waals surface area contributed by atoms with Crippen molar-refractivity contribution >= 4 is 6.09 Å². The van der Waals surface area contributed by atoms with E-state index in [0.29, 0.717) is 6.54 Å². The third-order valence-corrected chi connectivity index (χ3v) is 4.54. The fourth-order valence-corrected chi connectivity index (χ4v) is 3.36. The Morgan fingerprint density at radius 1 is 1.12 bits per heavy atom. The molecule has 0 aromatic heterocycles. The minimum atomic E-state index is -0.478. The highest BCUT2D eigenvalue weighted by molar-refractivity contribution is 5.70. The summed E-state index contributed by atoms with van der Waals surface area (Å²) in [5.74, 6) is 0. The molecule has 0 radical (unpaired) electrons. The van der Waals surface area contributed by atoms with Gasteiger partial charge in [-0.1, -0.05) is 54.6 Å². The Kier molecular flexibility index (Phi) is 5.62. The van der Waals surface area contributed by atoms with E-state index in [-0.39, 0.29) is 12.1 Å². The molecule has 2 aromatic rings. The van der Waals surface area contributed by atoms with Crippen LogP contribution in [0.2, 0.25) is 0 Å². The first kappa shape index (κ1) is 18.5. The van der Waals surface area contributed by atoms with Gasteiger partial charge in [-0.3, -0.25) is 0 Å². The van der Waals surface area contributed by atoms with Gasteiger partial charge in [-0.15, -0.1) is 0 Å². The first-order valence-electron chi connectivity index (χ1n) is 9.28. The van der Waals surface area contributed by atoms with Gasteiger partial charge in [-0.05, 0) is 43.9 Å². The maximum Gasteiger partial charge on any atom is 0.410 e. The van der Waals surface area contributed by atoms with Gasteiger partial charge in [0.25, 0.3) is 0 Å². The molecule has 4 heteroatoms. The lowest BCUT2D eigenvalue weighted by atomic mass is 9.94. The summed E-state index contributed by atoms with van der Waals surface area (Å²) in [7, 11) is 0. The van der Waals surface area contributed by atoms with Gasteiger partial charge >= 0.3 is 6.09 Å². The minimum Gasteiger partial charge on any atom is -0.444 e. The number of carbonyl (C=O) groups excluding carboxylic acids is 1. The molecule has 1 aliphatic heterocycles. The summed E-state index contributed by atoms with van der Waals surface area (Å²) in [6.45, 7) is 7.98. The summed E-state index contributed by atoms with van der Waals surface area (Å²) in [5, 5.41) is 3.41. The van der Waals surface area contributed by atoms with E-state index in [0.717, 1.165) is 19.5 Å². The quantitative estimate of drug-likeness (QED) is 0.904. The molecular formula is C22H28N2O2. The van der Waals surface area contributed by atoms with Crippen molar-refractivity contribution in [3.8, 4) is 11.1 Å². The topological polar surface area (TPSA) is 41.6 Å². The first-order valence-corrected chi connectivity index (χ1v) is 9.28. The van der Waals surface area contributed by atoms with Gasteiger partial charge < -0.3 is 15.0 Å². The lowest BCUT2D eigenvalue weighted by molar-refractivity contribution is 0.0122. The molecule has 2 aromatic carbocycles. The second kappa shape index (κ2) is 7.92. The van der Waals surface area contributed by atoms with E-state index in [1.54, 1.807) is 0 Å². The molecule has 26 heavy (non-hydrogen) atoms. The molecule has 1 heterocycles. The van der Waals surface area contributed by atoms with Crippen molar-refractivity contribution in [3.05, 3.63) is 60.2 Å². The summed E-state index contributed by atoms with van der Waals surface area (Å²) in [6, 6.07) is 18.9. The zero-order valence-electron chi connectivity index (χ0n) is 15.9. The number of rotatable bonds is 3. The van der Waals surface area contributed by atoms with Crippen LogP contribution in [0, 0.1) is 0 Å². The van der Waals surface area contributed by atoms with Crippen LogP contribution in [-0.4, -0.2) is 42.3 Å². The number of piperazine rings is 1. The van der Waals surface area contributed by atoms with E-state index in [9.17, 15) is 4.79 Å². The van der Waals surface area contributed by atoms with Crippen molar-refractivity contribution in [1.29, 1.82) is 0 Å². The summed E-state index contributed by atoms with van der Waals surface area (Å²) in [5.41, 5.74) is 3.20. The van der Waals surface area contributed by atoms with Gasteiger partial charge in [0.15, 0.2) is 0 Å². The highest BCUT2D eigenvalue weighted by atomic mass is 16.6. The largest absolute Gasteiger partial charge is 0.444 e. The Balaban J connectivity index is 1.82. The van der Waals surface area contributed by atoms with Crippen molar-refractivity contribution in [2.45, 2.75) is 38.8 Å². The Labute approximate surface area is 156 Å². The van der Waals surface area contributed by atoms with Crippen LogP contribution in [0.4, 0.5) is 4.79 Å². The number of hydrogen-bond acceptors (Lipinski definition) is 3. The SMILES string of the molecule is CC(C)(C)OC(=O)N1CCNC[C@H]1Cc1ccccc1-c1ccccc1. The smallest absolute Gasteiger partial charge is 0.410 e. The summed E-state index contributed by atoms with van der Waals surface area (Å²) in [4.78, 5) is 14.5. The first-order chi connectivity index (χ1) is 12.4. The molecule has 3 rings (SSSR count). The van der Waals surface area contributed by atoms with Crippen LogP contribution in [0.1, 0.15) is 26.3 Å². The Morgan fingerprint density at radius 2 is 1.81 bits per heavy atom. The van der Waals surface area contributed by atoms with Gasteiger partial charge in [0.05, 0.1) is 6.04 Å². The predicted molar refractivity (Wildman–Crippen MR) is 105 cm³/mol. The lowest BCUT2D eigenvalue weighted by Gasteiger charge is -2.37. The zero-order chi connectivity index (χ0) is 18.6. The molecule has 1 amide bonds. The second-order valence-electron chi connectivity index (χ2n) is 7.76. The van der Waals surface area contributed by atoms with Crippen LogP contribution >= 0.6 is 0 Å². The summed E-state index contributed by atoms with van der Waals surface area (Å²) < 4.78 is 5.62. The number of nitrogens with zero attached hydrogens (tertiary/aromatic N) is 1. The lowest BCUT2D eigenvalue weighted by Crippen LogP contribution is -2.55. The maximum absolute atomic E-state index is 12.6. The van der Waals surface area contributed by atoms with E-state index < -0.39 is 5.60 Å². The van der Waals surface area contributed by atoms with Gasteiger partial charge in [0, 0.05) is 19.6 Å². The Morgan fingerprint density at radius 3 is 2.54 bits per heavy atom. The van der Waals surface area contributed by atoms with Gasteiger partial charge in [-0.2, -0.15) is 0 Å². The van der Waals surface area contributed by atoms with Crippen LogP contribution in [-0.2, 0) is 11.2 Å². The van der Waals surface area contributed by atoms with Crippen molar-refractivity contribution in [2.75, 3.05) is 19.6 Å².